The largest absolute Gasteiger partial charge is 0.619 e. The number of aliphatic hydroxyl groups is 2. The van der Waals surface area contributed by atoms with Crippen LogP contribution in [-0.4, -0.2) is 29.9 Å². The molecule has 2 atom stereocenters. The summed E-state index contributed by atoms with van der Waals surface area (Å²) in [7, 11) is 1.77. The van der Waals surface area contributed by atoms with Gasteiger partial charge in [-0.3, -0.25) is 0 Å². The Bertz CT molecular complexity index is 306. The first-order valence-electron chi connectivity index (χ1n) is 4.84. The highest BCUT2D eigenvalue weighted by Gasteiger charge is 2.19. The first kappa shape index (κ1) is 11.9. The summed E-state index contributed by atoms with van der Waals surface area (Å²) in [5.41, 5.74) is 0.427. The van der Waals surface area contributed by atoms with Crippen LogP contribution in [0.3, 0.4) is 0 Å². The van der Waals surface area contributed by atoms with E-state index in [2.05, 4.69) is 5.32 Å². The molecule has 0 fully saturated rings. The summed E-state index contributed by atoms with van der Waals surface area (Å²) in [5, 5.41) is 33.1. The van der Waals surface area contributed by atoms with Gasteiger partial charge in [0.25, 0.3) is 0 Å². The third kappa shape index (κ3) is 3.47. The molecule has 15 heavy (non-hydrogen) atoms. The van der Waals surface area contributed by atoms with E-state index in [9.17, 15) is 15.4 Å². The smallest absolute Gasteiger partial charge is 0.186 e. The number of aliphatic hydroxyl groups excluding tert-OH is 2. The van der Waals surface area contributed by atoms with Crippen LogP contribution in [0.15, 0.2) is 24.5 Å². The standard InChI is InChI=1S/C10H16N2O3/c1-11-5-4-9(13)10(14)8-3-2-6-12(15)7-8/h2-3,6-7,9-11,13-14H,4-5H2,1H3. The summed E-state index contributed by atoms with van der Waals surface area (Å²) >= 11 is 0. The summed E-state index contributed by atoms with van der Waals surface area (Å²) in [6, 6.07) is 3.15. The van der Waals surface area contributed by atoms with Crippen LogP contribution in [0.1, 0.15) is 18.1 Å². The molecule has 1 rings (SSSR count). The Morgan fingerprint density at radius 2 is 2.27 bits per heavy atom. The molecular weight excluding hydrogens is 196 g/mol. The summed E-state index contributed by atoms with van der Waals surface area (Å²) in [6.07, 6.45) is 1.15. The fraction of sp³-hybridized carbons (Fsp3) is 0.500. The highest BCUT2D eigenvalue weighted by Crippen LogP contribution is 2.16. The van der Waals surface area contributed by atoms with E-state index >= 15 is 0 Å². The molecule has 5 nitrogen and oxygen atoms in total. The van der Waals surface area contributed by atoms with E-state index in [0.717, 1.165) is 0 Å². The maximum absolute atomic E-state index is 10.9. The predicted molar refractivity (Wildman–Crippen MR) is 54.9 cm³/mol. The molecule has 5 heteroatoms. The van der Waals surface area contributed by atoms with Crippen LogP contribution in [-0.2, 0) is 0 Å². The Morgan fingerprint density at radius 1 is 1.53 bits per heavy atom. The molecule has 0 amide bonds. The van der Waals surface area contributed by atoms with Crippen LogP contribution < -0.4 is 10.0 Å². The van der Waals surface area contributed by atoms with Gasteiger partial charge in [0.15, 0.2) is 12.4 Å². The lowest BCUT2D eigenvalue weighted by Gasteiger charge is -2.16. The van der Waals surface area contributed by atoms with Gasteiger partial charge >= 0.3 is 0 Å². The molecule has 0 saturated carbocycles. The number of hydrogen-bond donors (Lipinski definition) is 3. The van der Waals surface area contributed by atoms with Crippen LogP contribution in [0.25, 0.3) is 0 Å². The zero-order valence-corrected chi connectivity index (χ0v) is 8.63. The van der Waals surface area contributed by atoms with Crippen LogP contribution in [0, 0.1) is 5.21 Å². The number of hydrogen-bond acceptors (Lipinski definition) is 4. The number of nitrogens with zero attached hydrogens (tertiary/aromatic N) is 1. The number of pyridine rings is 1. The Hall–Kier alpha value is -1.17. The molecule has 0 aliphatic rings. The van der Waals surface area contributed by atoms with Crippen molar-refractivity contribution >= 4 is 0 Å². The van der Waals surface area contributed by atoms with E-state index < -0.39 is 12.2 Å². The van der Waals surface area contributed by atoms with Gasteiger partial charge in [0.05, 0.1) is 6.10 Å². The molecule has 0 saturated heterocycles. The zero-order chi connectivity index (χ0) is 11.3. The van der Waals surface area contributed by atoms with E-state index in [-0.39, 0.29) is 0 Å². The molecule has 0 spiro atoms. The lowest BCUT2D eigenvalue weighted by atomic mass is 10.0. The molecule has 2 unspecified atom stereocenters. The quantitative estimate of drug-likeness (QED) is 0.446. The third-order valence-corrected chi connectivity index (χ3v) is 2.19. The minimum absolute atomic E-state index is 0.427. The molecule has 3 N–H and O–H groups in total. The molecular formula is C10H16N2O3. The molecule has 0 radical (unpaired) electrons. The molecule has 0 aromatic carbocycles. The lowest BCUT2D eigenvalue weighted by Crippen LogP contribution is -2.28. The lowest BCUT2D eigenvalue weighted by molar-refractivity contribution is -0.606. The SMILES string of the molecule is CNCCC(O)C(O)c1ccc[n+]([O-])c1. The summed E-state index contributed by atoms with van der Waals surface area (Å²) in [5.74, 6) is 0. The topological polar surface area (TPSA) is 79.4 Å². The van der Waals surface area contributed by atoms with E-state index in [4.69, 9.17) is 0 Å². The van der Waals surface area contributed by atoms with E-state index in [1.54, 1.807) is 13.1 Å². The second-order valence-corrected chi connectivity index (χ2v) is 3.40. The molecule has 84 valence electrons. The maximum atomic E-state index is 10.9. The van der Waals surface area contributed by atoms with Gasteiger partial charge in [0.1, 0.15) is 6.10 Å². The van der Waals surface area contributed by atoms with Gasteiger partial charge in [-0.2, -0.15) is 4.73 Å². The Labute approximate surface area is 88.6 Å². The highest BCUT2D eigenvalue weighted by molar-refractivity contribution is 5.10. The van der Waals surface area contributed by atoms with E-state index in [0.29, 0.717) is 23.3 Å². The first-order chi connectivity index (χ1) is 7.15. The van der Waals surface area contributed by atoms with Gasteiger partial charge in [0, 0.05) is 11.6 Å². The first-order valence-corrected chi connectivity index (χ1v) is 4.84. The van der Waals surface area contributed by atoms with Gasteiger partial charge in [0.2, 0.25) is 0 Å². The van der Waals surface area contributed by atoms with Gasteiger partial charge in [-0.1, -0.05) is 0 Å². The van der Waals surface area contributed by atoms with Crippen molar-refractivity contribution in [3.8, 4) is 0 Å². The van der Waals surface area contributed by atoms with Crippen molar-refractivity contribution in [2.24, 2.45) is 0 Å². The molecule has 1 aromatic heterocycles. The fourth-order valence-electron chi connectivity index (χ4n) is 1.32. The summed E-state index contributed by atoms with van der Waals surface area (Å²) in [6.45, 7) is 0.614. The third-order valence-electron chi connectivity index (χ3n) is 2.19. The normalized spacial score (nSPS) is 14.9. The Morgan fingerprint density at radius 3 is 2.87 bits per heavy atom. The molecule has 0 aliphatic carbocycles. The monoisotopic (exact) mass is 212 g/mol. The molecule has 1 heterocycles. The Kier molecular flexibility index (Phi) is 4.48. The minimum Gasteiger partial charge on any atom is -0.619 e. The van der Waals surface area contributed by atoms with Crippen molar-refractivity contribution in [3.63, 3.8) is 0 Å². The van der Waals surface area contributed by atoms with Gasteiger partial charge in [-0.15, -0.1) is 0 Å². The maximum Gasteiger partial charge on any atom is 0.186 e. The van der Waals surface area contributed by atoms with Crippen molar-refractivity contribution in [2.45, 2.75) is 18.6 Å². The fourth-order valence-corrected chi connectivity index (χ4v) is 1.32. The Balaban J connectivity index is 2.62. The predicted octanol–water partition coefficient (Wildman–Crippen LogP) is -0.676. The van der Waals surface area contributed by atoms with Gasteiger partial charge in [-0.25, -0.2) is 0 Å². The van der Waals surface area contributed by atoms with Gasteiger partial charge in [-0.05, 0) is 26.1 Å². The van der Waals surface area contributed by atoms with Crippen molar-refractivity contribution < 1.29 is 14.9 Å². The summed E-state index contributed by atoms with van der Waals surface area (Å²) in [4.78, 5) is 0. The zero-order valence-electron chi connectivity index (χ0n) is 8.63. The van der Waals surface area contributed by atoms with Crippen LogP contribution in [0.2, 0.25) is 0 Å². The average molecular weight is 212 g/mol. The van der Waals surface area contributed by atoms with Crippen LogP contribution in [0.5, 0.6) is 0 Å². The van der Waals surface area contributed by atoms with Crippen LogP contribution in [0.4, 0.5) is 0 Å². The number of nitrogens with one attached hydrogen (secondary N) is 1. The average Bonchev–Trinajstić information content (AvgIpc) is 2.24. The van der Waals surface area contributed by atoms with E-state index in [1.807, 2.05) is 0 Å². The van der Waals surface area contributed by atoms with Crippen molar-refractivity contribution in [3.05, 3.63) is 35.3 Å². The number of aromatic nitrogens is 1. The summed E-state index contributed by atoms with van der Waals surface area (Å²) < 4.78 is 0.601. The molecule has 0 bridgehead atoms. The molecule has 0 aliphatic heterocycles. The second kappa shape index (κ2) is 5.65. The van der Waals surface area contributed by atoms with Crippen molar-refractivity contribution in [1.82, 2.24) is 5.32 Å². The van der Waals surface area contributed by atoms with Crippen molar-refractivity contribution in [1.29, 1.82) is 0 Å². The van der Waals surface area contributed by atoms with E-state index in [1.165, 1.54) is 18.5 Å². The van der Waals surface area contributed by atoms with Crippen molar-refractivity contribution in [2.75, 3.05) is 13.6 Å². The minimum atomic E-state index is -1.01. The second-order valence-electron chi connectivity index (χ2n) is 3.40. The molecule has 1 aromatic rings. The number of rotatable bonds is 5. The van der Waals surface area contributed by atoms with Gasteiger partial charge < -0.3 is 20.7 Å². The van der Waals surface area contributed by atoms with Crippen LogP contribution >= 0.6 is 0 Å². The highest BCUT2D eigenvalue weighted by atomic mass is 16.5.